The molecule has 1 aromatic carbocycles. The first-order valence-corrected chi connectivity index (χ1v) is 11.7. The summed E-state index contributed by atoms with van der Waals surface area (Å²) in [6.45, 7) is 8.32. The van der Waals surface area contributed by atoms with Crippen LogP contribution in [0.5, 0.6) is 0 Å². The largest absolute Gasteiger partial charge is 0.468 e. The molecule has 1 aliphatic carbocycles. The van der Waals surface area contributed by atoms with E-state index in [-0.39, 0.29) is 12.6 Å². The predicted octanol–water partition coefficient (Wildman–Crippen LogP) is 1.39. The van der Waals surface area contributed by atoms with E-state index in [1.54, 1.807) is 26.8 Å². The molecule has 2 atom stereocenters. The second-order valence-electron chi connectivity index (χ2n) is 9.90. The molecule has 1 fully saturated rings. The van der Waals surface area contributed by atoms with Gasteiger partial charge in [-0.05, 0) is 58.6 Å². The van der Waals surface area contributed by atoms with Crippen LogP contribution in [0.4, 0.5) is 4.79 Å². The van der Waals surface area contributed by atoms with Crippen molar-refractivity contribution in [3.8, 4) is 0 Å². The lowest BCUT2D eigenvalue weighted by Gasteiger charge is -2.35. The SMILES string of the molecule is COC(=O)CNC(=O)C(c1ccc(C)cc1C)N(C(=O)C(CC(N)=O)NC(=O)OC(C)(C)C)C1CC1. The summed E-state index contributed by atoms with van der Waals surface area (Å²) >= 11 is 0. The van der Waals surface area contributed by atoms with Gasteiger partial charge in [0, 0.05) is 6.04 Å². The molecule has 198 valence electrons. The third kappa shape index (κ3) is 8.24. The standard InChI is InChI=1S/C25H36N4O7/c1-14-7-10-17(15(2)11-14)21(22(32)27-13-20(31)35-6)29(16-8-9-16)23(33)18(12-19(26)30)28-24(34)36-25(3,4)5/h7,10-11,16,18,21H,8-9,12-13H2,1-6H3,(H2,26,30)(H,27,32)(H,28,34). The molecule has 0 aliphatic heterocycles. The van der Waals surface area contributed by atoms with E-state index in [0.29, 0.717) is 18.4 Å². The molecule has 0 spiro atoms. The smallest absolute Gasteiger partial charge is 0.408 e. The number of methoxy groups -OCH3 is 1. The van der Waals surface area contributed by atoms with Crippen molar-refractivity contribution in [1.82, 2.24) is 15.5 Å². The van der Waals surface area contributed by atoms with Gasteiger partial charge in [-0.15, -0.1) is 0 Å². The molecule has 0 aromatic heterocycles. The number of benzene rings is 1. The second kappa shape index (κ2) is 11.9. The summed E-state index contributed by atoms with van der Waals surface area (Å²) in [6.07, 6.45) is -0.110. The Morgan fingerprint density at radius 3 is 2.28 bits per heavy atom. The summed E-state index contributed by atoms with van der Waals surface area (Å²) in [5.74, 6) is -2.70. The fourth-order valence-corrected chi connectivity index (χ4v) is 3.78. The lowest BCUT2D eigenvalue weighted by Crippen LogP contribution is -2.55. The quantitative estimate of drug-likeness (QED) is 0.406. The van der Waals surface area contributed by atoms with E-state index in [9.17, 15) is 24.0 Å². The normalized spacial score (nSPS) is 14.7. The van der Waals surface area contributed by atoms with Crippen molar-refractivity contribution < 1.29 is 33.4 Å². The molecule has 4 N–H and O–H groups in total. The van der Waals surface area contributed by atoms with Crippen LogP contribution < -0.4 is 16.4 Å². The Kier molecular flexibility index (Phi) is 9.43. The number of hydrogen-bond donors (Lipinski definition) is 3. The number of nitrogens with one attached hydrogen (secondary N) is 2. The molecule has 0 radical (unpaired) electrons. The van der Waals surface area contributed by atoms with Crippen molar-refractivity contribution in [1.29, 1.82) is 0 Å². The zero-order chi connectivity index (χ0) is 27.2. The van der Waals surface area contributed by atoms with Crippen molar-refractivity contribution in [3.05, 3.63) is 34.9 Å². The van der Waals surface area contributed by atoms with Gasteiger partial charge in [0.2, 0.25) is 17.7 Å². The minimum atomic E-state index is -1.35. The van der Waals surface area contributed by atoms with Gasteiger partial charge < -0.3 is 30.7 Å². The van der Waals surface area contributed by atoms with Gasteiger partial charge in [-0.2, -0.15) is 0 Å². The summed E-state index contributed by atoms with van der Waals surface area (Å²) < 4.78 is 9.87. The maximum Gasteiger partial charge on any atom is 0.408 e. The predicted molar refractivity (Wildman–Crippen MR) is 131 cm³/mol. The zero-order valence-corrected chi connectivity index (χ0v) is 21.7. The average Bonchev–Trinajstić information content (AvgIpc) is 3.58. The van der Waals surface area contributed by atoms with Gasteiger partial charge in [0.15, 0.2) is 0 Å². The third-order valence-corrected chi connectivity index (χ3v) is 5.47. The minimum Gasteiger partial charge on any atom is -0.468 e. The molecule has 0 saturated heterocycles. The van der Waals surface area contributed by atoms with Crippen molar-refractivity contribution in [2.45, 2.75) is 77.6 Å². The number of carbonyl (C=O) groups excluding carboxylic acids is 5. The Morgan fingerprint density at radius 1 is 1.14 bits per heavy atom. The lowest BCUT2D eigenvalue weighted by molar-refractivity contribution is -0.145. The van der Waals surface area contributed by atoms with Crippen LogP contribution in [0.1, 0.15) is 62.8 Å². The summed E-state index contributed by atoms with van der Waals surface area (Å²) in [5.41, 5.74) is 6.82. The molecular weight excluding hydrogens is 468 g/mol. The highest BCUT2D eigenvalue weighted by atomic mass is 16.6. The van der Waals surface area contributed by atoms with Crippen LogP contribution in [0, 0.1) is 13.8 Å². The van der Waals surface area contributed by atoms with Crippen LogP contribution in [0.2, 0.25) is 0 Å². The van der Waals surface area contributed by atoms with Crippen LogP contribution in [0.25, 0.3) is 0 Å². The summed E-state index contributed by atoms with van der Waals surface area (Å²) in [5, 5.41) is 4.97. The number of nitrogens with two attached hydrogens (primary N) is 1. The summed E-state index contributed by atoms with van der Waals surface area (Å²) in [4.78, 5) is 64.5. The van der Waals surface area contributed by atoms with Crippen LogP contribution in [-0.2, 0) is 28.7 Å². The molecular formula is C25H36N4O7. The highest BCUT2D eigenvalue weighted by molar-refractivity contribution is 5.95. The van der Waals surface area contributed by atoms with Crippen molar-refractivity contribution >= 4 is 29.8 Å². The molecule has 11 nitrogen and oxygen atoms in total. The Labute approximate surface area is 211 Å². The van der Waals surface area contributed by atoms with Gasteiger partial charge in [-0.3, -0.25) is 19.2 Å². The fraction of sp³-hybridized carbons (Fsp3) is 0.560. The van der Waals surface area contributed by atoms with E-state index in [2.05, 4.69) is 15.4 Å². The van der Waals surface area contributed by atoms with E-state index in [1.165, 1.54) is 12.0 Å². The third-order valence-electron chi connectivity index (χ3n) is 5.47. The summed E-state index contributed by atoms with van der Waals surface area (Å²) in [6, 6.07) is 2.68. The van der Waals surface area contributed by atoms with Gasteiger partial charge in [0.25, 0.3) is 0 Å². The molecule has 0 bridgehead atoms. The Morgan fingerprint density at radius 2 is 1.78 bits per heavy atom. The number of hydrogen-bond acceptors (Lipinski definition) is 7. The van der Waals surface area contributed by atoms with Crippen LogP contribution in [-0.4, -0.2) is 66.0 Å². The maximum absolute atomic E-state index is 13.8. The minimum absolute atomic E-state index is 0.303. The Bertz CT molecular complexity index is 1010. The summed E-state index contributed by atoms with van der Waals surface area (Å²) in [7, 11) is 1.20. The molecule has 4 amide bonds. The number of primary amides is 1. The van der Waals surface area contributed by atoms with Gasteiger partial charge >= 0.3 is 12.1 Å². The van der Waals surface area contributed by atoms with E-state index < -0.39 is 53.9 Å². The number of rotatable bonds is 10. The first-order chi connectivity index (χ1) is 16.7. The fourth-order valence-electron chi connectivity index (χ4n) is 3.78. The Hall–Kier alpha value is -3.63. The number of carbonyl (C=O) groups is 5. The van der Waals surface area contributed by atoms with Gasteiger partial charge in [0.1, 0.15) is 24.2 Å². The molecule has 1 aliphatic rings. The van der Waals surface area contributed by atoms with Crippen LogP contribution in [0.3, 0.4) is 0 Å². The highest BCUT2D eigenvalue weighted by Gasteiger charge is 2.44. The van der Waals surface area contributed by atoms with Gasteiger partial charge in [-0.1, -0.05) is 23.8 Å². The van der Waals surface area contributed by atoms with Gasteiger partial charge in [0.05, 0.1) is 13.5 Å². The number of nitrogens with zero attached hydrogens (tertiary/aromatic N) is 1. The highest BCUT2D eigenvalue weighted by Crippen LogP contribution is 2.37. The number of esters is 1. The average molecular weight is 505 g/mol. The molecule has 1 aromatic rings. The topological polar surface area (TPSA) is 157 Å². The first kappa shape index (κ1) is 28.6. The number of ether oxygens (including phenoxy) is 2. The van der Waals surface area contributed by atoms with Crippen LogP contribution >= 0.6 is 0 Å². The number of aryl methyl sites for hydroxylation is 2. The van der Waals surface area contributed by atoms with Gasteiger partial charge in [-0.25, -0.2) is 4.79 Å². The molecule has 11 heteroatoms. The van der Waals surface area contributed by atoms with E-state index in [1.807, 2.05) is 26.0 Å². The first-order valence-electron chi connectivity index (χ1n) is 11.7. The lowest BCUT2D eigenvalue weighted by atomic mass is 9.96. The van der Waals surface area contributed by atoms with E-state index in [0.717, 1.165) is 11.1 Å². The Balaban J connectivity index is 2.48. The zero-order valence-electron chi connectivity index (χ0n) is 21.7. The number of alkyl carbamates (subject to hydrolysis) is 1. The molecule has 2 rings (SSSR count). The van der Waals surface area contributed by atoms with Crippen LogP contribution in [0.15, 0.2) is 18.2 Å². The number of amides is 4. The van der Waals surface area contributed by atoms with Crippen molar-refractivity contribution in [2.24, 2.45) is 5.73 Å². The molecule has 1 saturated carbocycles. The van der Waals surface area contributed by atoms with Crippen molar-refractivity contribution in [2.75, 3.05) is 13.7 Å². The molecule has 36 heavy (non-hydrogen) atoms. The maximum atomic E-state index is 13.8. The molecule has 2 unspecified atom stereocenters. The monoisotopic (exact) mass is 504 g/mol. The van der Waals surface area contributed by atoms with E-state index in [4.69, 9.17) is 10.5 Å². The van der Waals surface area contributed by atoms with Crippen molar-refractivity contribution in [3.63, 3.8) is 0 Å². The molecule has 0 heterocycles. The second-order valence-corrected chi connectivity index (χ2v) is 9.90. The van der Waals surface area contributed by atoms with E-state index >= 15 is 0 Å².